The van der Waals surface area contributed by atoms with E-state index in [2.05, 4.69) is 0 Å². The predicted octanol–water partition coefficient (Wildman–Crippen LogP) is 1.44. The highest BCUT2D eigenvalue weighted by Crippen LogP contribution is 2.33. The van der Waals surface area contributed by atoms with E-state index in [1.807, 2.05) is 0 Å². The van der Waals surface area contributed by atoms with Crippen LogP contribution in [-0.2, 0) is 10.0 Å². The molecule has 0 N–H and O–H groups in total. The molecule has 2 aromatic rings. The van der Waals surface area contributed by atoms with Crippen LogP contribution >= 0.6 is 0 Å². The van der Waals surface area contributed by atoms with Crippen LogP contribution in [-0.4, -0.2) is 37.8 Å². The summed E-state index contributed by atoms with van der Waals surface area (Å²) in [6.07, 6.45) is 0. The van der Waals surface area contributed by atoms with Crippen LogP contribution in [0.15, 0.2) is 47.4 Å². The molecule has 0 radical (unpaired) electrons. The molecule has 2 aromatic carbocycles. The van der Waals surface area contributed by atoms with Crippen LogP contribution in [0, 0.1) is 0 Å². The number of carbonyl (C=O) groups is 2. The Labute approximate surface area is 137 Å². The lowest BCUT2D eigenvalue weighted by Crippen LogP contribution is -2.35. The molecular formula is C16H11NO6S. The number of hydrogen-bond acceptors (Lipinski definition) is 6. The number of rotatable bonds is 3. The number of fused-ring (bicyclic) bond motifs is 2. The highest BCUT2D eigenvalue weighted by Gasteiger charge is 2.41. The molecule has 0 spiro atoms. The molecule has 122 valence electrons. The largest absolute Gasteiger partial charge is 0.454 e. The smallest absolute Gasteiger partial charge is 0.269 e. The number of Topliss-reactive ketones (excluding diaryl/α,β-unsaturated/α-hetero) is 1. The van der Waals surface area contributed by atoms with Gasteiger partial charge >= 0.3 is 0 Å². The summed E-state index contributed by atoms with van der Waals surface area (Å²) in [5, 5.41) is 0. The van der Waals surface area contributed by atoms with Crippen molar-refractivity contribution in [1.29, 1.82) is 0 Å². The summed E-state index contributed by atoms with van der Waals surface area (Å²) < 4.78 is 35.9. The van der Waals surface area contributed by atoms with Gasteiger partial charge in [-0.15, -0.1) is 0 Å². The average molecular weight is 345 g/mol. The van der Waals surface area contributed by atoms with Crippen LogP contribution in [0.2, 0.25) is 0 Å². The van der Waals surface area contributed by atoms with Crippen LogP contribution in [0.5, 0.6) is 11.5 Å². The van der Waals surface area contributed by atoms with Gasteiger partial charge in [-0.25, -0.2) is 12.7 Å². The fraction of sp³-hybridized carbons (Fsp3) is 0.125. The first kappa shape index (κ1) is 14.7. The van der Waals surface area contributed by atoms with Gasteiger partial charge in [-0.3, -0.25) is 9.59 Å². The number of ketones is 1. The molecule has 2 aliphatic rings. The first-order chi connectivity index (χ1) is 11.5. The molecular weight excluding hydrogens is 334 g/mol. The van der Waals surface area contributed by atoms with Crippen molar-refractivity contribution in [2.24, 2.45) is 0 Å². The van der Waals surface area contributed by atoms with E-state index in [4.69, 9.17) is 9.47 Å². The van der Waals surface area contributed by atoms with Crippen molar-refractivity contribution in [3.63, 3.8) is 0 Å². The van der Waals surface area contributed by atoms with E-state index in [0.29, 0.717) is 15.8 Å². The molecule has 0 fully saturated rings. The third-order valence-electron chi connectivity index (χ3n) is 3.89. The standard InChI is InChI=1S/C16H11NO6S/c18-12(10-5-6-13-14(7-10)23-9-22-13)8-17-16(19)11-3-1-2-4-15(11)24(17,20)21/h1-7H,8-9H2. The predicted molar refractivity (Wildman–Crippen MR) is 81.6 cm³/mol. The number of ether oxygens (including phenoxy) is 2. The summed E-state index contributed by atoms with van der Waals surface area (Å²) in [6.45, 7) is -0.489. The first-order valence-corrected chi connectivity index (χ1v) is 8.51. The van der Waals surface area contributed by atoms with Gasteiger partial charge < -0.3 is 9.47 Å². The monoisotopic (exact) mass is 345 g/mol. The number of nitrogens with zero attached hydrogens (tertiary/aromatic N) is 1. The minimum Gasteiger partial charge on any atom is -0.454 e. The zero-order valence-corrected chi connectivity index (χ0v) is 13.1. The van der Waals surface area contributed by atoms with Gasteiger partial charge in [0.05, 0.1) is 5.56 Å². The maximum atomic E-state index is 12.5. The van der Waals surface area contributed by atoms with E-state index >= 15 is 0 Å². The van der Waals surface area contributed by atoms with E-state index in [9.17, 15) is 18.0 Å². The van der Waals surface area contributed by atoms with Crippen molar-refractivity contribution in [1.82, 2.24) is 4.31 Å². The molecule has 0 aliphatic carbocycles. The Morgan fingerprint density at radius 3 is 2.62 bits per heavy atom. The quantitative estimate of drug-likeness (QED) is 0.782. The molecule has 0 aromatic heterocycles. The fourth-order valence-electron chi connectivity index (χ4n) is 2.68. The van der Waals surface area contributed by atoms with E-state index < -0.39 is 28.3 Å². The number of benzene rings is 2. The Kier molecular flexibility index (Phi) is 3.10. The van der Waals surface area contributed by atoms with Crippen molar-refractivity contribution in [3.05, 3.63) is 53.6 Å². The molecule has 0 saturated heterocycles. The second-order valence-corrected chi connectivity index (χ2v) is 7.13. The SMILES string of the molecule is O=C(CN1C(=O)c2ccccc2S1(=O)=O)c1ccc2c(c1)OCO2. The first-order valence-electron chi connectivity index (χ1n) is 7.07. The molecule has 1 amide bonds. The van der Waals surface area contributed by atoms with Crippen molar-refractivity contribution in [2.45, 2.75) is 4.90 Å². The topological polar surface area (TPSA) is 90.0 Å². The Hall–Kier alpha value is -2.87. The van der Waals surface area contributed by atoms with Crippen molar-refractivity contribution >= 4 is 21.7 Å². The van der Waals surface area contributed by atoms with E-state index in [0.717, 1.165) is 0 Å². The van der Waals surface area contributed by atoms with Gasteiger partial charge in [0.2, 0.25) is 6.79 Å². The van der Waals surface area contributed by atoms with Crippen LogP contribution in [0.1, 0.15) is 20.7 Å². The molecule has 0 bridgehead atoms. The van der Waals surface area contributed by atoms with E-state index in [1.54, 1.807) is 12.1 Å². The van der Waals surface area contributed by atoms with E-state index in [-0.39, 0.29) is 22.8 Å². The van der Waals surface area contributed by atoms with Gasteiger partial charge in [0.1, 0.15) is 11.4 Å². The Balaban J connectivity index is 1.64. The fourth-order valence-corrected chi connectivity index (χ4v) is 4.20. The van der Waals surface area contributed by atoms with Gasteiger partial charge in [-0.05, 0) is 30.3 Å². The average Bonchev–Trinajstić information content (AvgIpc) is 3.12. The summed E-state index contributed by atoms with van der Waals surface area (Å²) in [5.41, 5.74) is 0.328. The molecule has 0 unspecified atom stereocenters. The molecule has 0 saturated carbocycles. The third-order valence-corrected chi connectivity index (χ3v) is 5.68. The Morgan fingerprint density at radius 2 is 1.83 bits per heavy atom. The molecule has 7 nitrogen and oxygen atoms in total. The van der Waals surface area contributed by atoms with Gasteiger partial charge in [-0.1, -0.05) is 12.1 Å². The van der Waals surface area contributed by atoms with Crippen molar-refractivity contribution < 1.29 is 27.5 Å². The van der Waals surface area contributed by atoms with Crippen molar-refractivity contribution in [2.75, 3.05) is 13.3 Å². The normalized spacial score (nSPS) is 17.0. The highest BCUT2D eigenvalue weighted by molar-refractivity contribution is 7.90. The lowest BCUT2D eigenvalue weighted by atomic mass is 10.1. The van der Waals surface area contributed by atoms with Gasteiger partial charge in [0, 0.05) is 5.56 Å². The zero-order chi connectivity index (χ0) is 16.9. The number of carbonyl (C=O) groups excluding carboxylic acids is 2. The lowest BCUT2D eigenvalue weighted by molar-refractivity contribution is 0.0820. The number of hydrogen-bond donors (Lipinski definition) is 0. The van der Waals surface area contributed by atoms with Crippen LogP contribution < -0.4 is 9.47 Å². The summed E-state index contributed by atoms with van der Waals surface area (Å²) >= 11 is 0. The zero-order valence-electron chi connectivity index (χ0n) is 12.3. The van der Waals surface area contributed by atoms with Crippen molar-refractivity contribution in [3.8, 4) is 11.5 Å². The molecule has 24 heavy (non-hydrogen) atoms. The van der Waals surface area contributed by atoms with Crippen LogP contribution in [0.3, 0.4) is 0 Å². The number of amides is 1. The maximum absolute atomic E-state index is 12.5. The molecule has 4 rings (SSSR count). The maximum Gasteiger partial charge on any atom is 0.269 e. The van der Waals surface area contributed by atoms with E-state index in [1.165, 1.54) is 30.3 Å². The number of sulfonamides is 1. The van der Waals surface area contributed by atoms with Gasteiger partial charge in [0.15, 0.2) is 17.3 Å². The highest BCUT2D eigenvalue weighted by atomic mass is 32.2. The van der Waals surface area contributed by atoms with Crippen LogP contribution in [0.25, 0.3) is 0 Å². The molecule has 2 heterocycles. The molecule has 0 atom stereocenters. The molecule has 2 aliphatic heterocycles. The second kappa shape index (κ2) is 5.07. The summed E-state index contributed by atoms with van der Waals surface area (Å²) in [6, 6.07) is 10.5. The Morgan fingerprint density at radius 1 is 1.08 bits per heavy atom. The Bertz CT molecular complexity index is 982. The van der Waals surface area contributed by atoms with Gasteiger partial charge in [0.25, 0.3) is 15.9 Å². The lowest BCUT2D eigenvalue weighted by Gasteiger charge is -2.14. The minimum atomic E-state index is -4.00. The summed E-state index contributed by atoms with van der Waals surface area (Å²) in [7, 11) is -4.00. The second-order valence-electron chi connectivity index (χ2n) is 5.30. The minimum absolute atomic E-state index is 0.0707. The van der Waals surface area contributed by atoms with Gasteiger partial charge in [-0.2, -0.15) is 0 Å². The summed E-state index contributed by atoms with van der Waals surface area (Å²) in [5.74, 6) is -0.263. The molecule has 8 heteroatoms. The summed E-state index contributed by atoms with van der Waals surface area (Å²) in [4.78, 5) is 24.7. The third kappa shape index (κ3) is 2.07. The van der Waals surface area contributed by atoms with Crippen LogP contribution in [0.4, 0.5) is 0 Å².